The van der Waals surface area contributed by atoms with Crippen LogP contribution in [0.25, 0.3) is 44.8 Å². The molecule has 0 fully saturated rings. The molecule has 0 radical (unpaired) electrons. The van der Waals surface area contributed by atoms with Gasteiger partial charge in [-0.15, -0.1) is 0 Å². The second-order valence-electron chi connectivity index (χ2n) is 17.5. The normalized spacial score (nSPS) is 11.2. The molecule has 0 atom stereocenters. The molecule has 3 heteroatoms. The van der Waals surface area contributed by atoms with Crippen LogP contribution in [-0.4, -0.2) is 9.97 Å². The van der Waals surface area contributed by atoms with Crippen LogP contribution in [-0.2, 0) is 6.42 Å². The van der Waals surface area contributed by atoms with E-state index in [0.717, 1.165) is 28.8 Å². The Morgan fingerprint density at radius 2 is 0.714 bits per heavy atom. The number of benzene rings is 4. The zero-order chi connectivity index (χ0) is 40.5. The first-order chi connectivity index (χ1) is 25.7. The second-order valence-corrected chi connectivity index (χ2v) is 18.3. The number of halogens is 1. The van der Waals surface area contributed by atoms with Crippen LogP contribution in [0.15, 0.2) is 77.4 Å². The Balaban J connectivity index is 0.000000248. The first kappa shape index (κ1) is 44.4. The average Bonchev–Trinajstić information content (AvgIpc) is 3.02. The Morgan fingerprint density at radius 3 is 1.05 bits per heavy atom. The van der Waals surface area contributed by atoms with Gasteiger partial charge in [0.1, 0.15) is 4.60 Å². The molecule has 0 aliphatic heterocycles. The van der Waals surface area contributed by atoms with Gasteiger partial charge in [-0.05, 0) is 208 Å². The lowest BCUT2D eigenvalue weighted by Crippen LogP contribution is -2.08. The van der Waals surface area contributed by atoms with E-state index >= 15 is 0 Å². The van der Waals surface area contributed by atoms with Gasteiger partial charge in [0.05, 0.1) is 11.4 Å². The van der Waals surface area contributed by atoms with Crippen molar-refractivity contribution in [3.8, 4) is 44.8 Å². The van der Waals surface area contributed by atoms with Crippen LogP contribution in [0.1, 0.15) is 107 Å². The van der Waals surface area contributed by atoms with Crippen molar-refractivity contribution in [1.29, 1.82) is 0 Å². The van der Waals surface area contributed by atoms with E-state index in [4.69, 9.17) is 9.97 Å². The van der Waals surface area contributed by atoms with Gasteiger partial charge < -0.3 is 0 Å². The van der Waals surface area contributed by atoms with Crippen LogP contribution < -0.4 is 0 Å². The average molecular weight is 810 g/mol. The third-order valence-corrected chi connectivity index (χ3v) is 11.0. The number of rotatable bonds is 6. The van der Waals surface area contributed by atoms with E-state index in [9.17, 15) is 0 Å². The Morgan fingerprint density at radius 1 is 0.411 bits per heavy atom. The van der Waals surface area contributed by atoms with E-state index in [2.05, 4.69) is 193 Å². The molecule has 294 valence electrons. The molecule has 0 N–H and O–H groups in total. The first-order valence-electron chi connectivity index (χ1n) is 19.7. The maximum Gasteiger partial charge on any atom is 0.107 e. The van der Waals surface area contributed by atoms with E-state index in [0.29, 0.717) is 5.41 Å². The fourth-order valence-corrected chi connectivity index (χ4v) is 9.14. The summed E-state index contributed by atoms with van der Waals surface area (Å²) < 4.78 is 0.874. The maximum atomic E-state index is 5.16. The highest BCUT2D eigenvalue weighted by atomic mass is 79.9. The van der Waals surface area contributed by atoms with Crippen molar-refractivity contribution >= 4 is 15.9 Å². The fraction of sp³-hybridized carbons (Fsp3) is 0.358. The largest absolute Gasteiger partial charge is 0.253 e. The number of hydrogen-bond acceptors (Lipinski definition) is 2. The minimum Gasteiger partial charge on any atom is -0.253 e. The molecule has 56 heavy (non-hydrogen) atoms. The molecule has 2 nitrogen and oxygen atoms in total. The minimum absolute atomic E-state index is 0. The summed E-state index contributed by atoms with van der Waals surface area (Å²) in [6.45, 7) is 33.1. The molecular weight excluding hydrogens is 745 g/mol. The number of nitrogens with zero attached hydrogens (tertiary/aromatic N) is 2. The van der Waals surface area contributed by atoms with Crippen molar-refractivity contribution in [2.45, 2.75) is 124 Å². The van der Waals surface area contributed by atoms with Crippen molar-refractivity contribution in [3.63, 3.8) is 0 Å². The Hall–Kier alpha value is -4.34. The molecule has 0 saturated carbocycles. The van der Waals surface area contributed by atoms with Crippen molar-refractivity contribution in [3.05, 3.63) is 150 Å². The van der Waals surface area contributed by atoms with Crippen LogP contribution in [0.3, 0.4) is 0 Å². The topological polar surface area (TPSA) is 25.8 Å². The summed E-state index contributed by atoms with van der Waals surface area (Å²) in [7, 11) is 0. The predicted molar refractivity (Wildman–Crippen MR) is 249 cm³/mol. The summed E-state index contributed by atoms with van der Waals surface area (Å²) in [5, 5.41) is 0. The SMILES string of the molecule is C.Cc1cc(C)c(-c2cc(Br)nc(-c3c(C)cc(C)cc3C)c2)c(C)c1.Cc1cc(C)c(-c2cc(CCC(C)(C)C)nc(-c3c(C)cc(C)cc3C)c2)c(C)c1. The van der Waals surface area contributed by atoms with Crippen LogP contribution in [0.4, 0.5) is 0 Å². The van der Waals surface area contributed by atoms with Gasteiger partial charge in [0, 0.05) is 16.8 Å². The molecule has 0 bridgehead atoms. The fourth-order valence-electron chi connectivity index (χ4n) is 8.70. The molecule has 0 amide bonds. The number of aromatic nitrogens is 2. The van der Waals surface area contributed by atoms with Crippen LogP contribution in [0, 0.1) is 88.5 Å². The van der Waals surface area contributed by atoms with E-state index in [-0.39, 0.29) is 7.43 Å². The Bertz CT molecular complexity index is 2140. The van der Waals surface area contributed by atoms with Gasteiger partial charge in [-0.2, -0.15) is 0 Å². The quantitative estimate of drug-likeness (QED) is 0.157. The lowest BCUT2D eigenvalue weighted by atomic mass is 9.88. The van der Waals surface area contributed by atoms with Gasteiger partial charge in [-0.25, -0.2) is 4.98 Å². The van der Waals surface area contributed by atoms with Crippen LogP contribution in [0.5, 0.6) is 0 Å². The molecular formula is C53H65BrN2. The van der Waals surface area contributed by atoms with Gasteiger partial charge in [0.15, 0.2) is 0 Å². The number of hydrogen-bond donors (Lipinski definition) is 0. The number of pyridine rings is 2. The van der Waals surface area contributed by atoms with Crippen molar-refractivity contribution in [2.24, 2.45) is 5.41 Å². The third kappa shape index (κ3) is 10.5. The van der Waals surface area contributed by atoms with Crippen LogP contribution in [0.2, 0.25) is 0 Å². The molecule has 6 rings (SSSR count). The number of aryl methyl sites for hydroxylation is 13. The smallest absolute Gasteiger partial charge is 0.107 e. The summed E-state index contributed by atoms with van der Waals surface area (Å²) in [6.07, 6.45) is 2.12. The van der Waals surface area contributed by atoms with Crippen molar-refractivity contribution in [2.75, 3.05) is 0 Å². The monoisotopic (exact) mass is 808 g/mol. The molecule has 0 spiro atoms. The first-order valence-corrected chi connectivity index (χ1v) is 20.5. The van der Waals surface area contributed by atoms with Gasteiger partial charge in [-0.1, -0.05) is 99.0 Å². The third-order valence-electron chi connectivity index (χ3n) is 10.6. The molecule has 0 saturated heterocycles. The highest BCUT2D eigenvalue weighted by molar-refractivity contribution is 9.10. The summed E-state index contributed by atoms with van der Waals surface area (Å²) in [6, 6.07) is 27.0. The Kier molecular flexibility index (Phi) is 14.1. The van der Waals surface area contributed by atoms with Crippen molar-refractivity contribution < 1.29 is 0 Å². The van der Waals surface area contributed by atoms with Gasteiger partial charge in [0.2, 0.25) is 0 Å². The molecule has 4 aromatic carbocycles. The van der Waals surface area contributed by atoms with E-state index in [1.807, 2.05) is 0 Å². The van der Waals surface area contributed by atoms with Gasteiger partial charge in [0.25, 0.3) is 0 Å². The lowest BCUT2D eigenvalue weighted by molar-refractivity contribution is 0.376. The Labute approximate surface area is 348 Å². The molecule has 2 aromatic heterocycles. The zero-order valence-corrected chi connectivity index (χ0v) is 37.7. The highest BCUT2D eigenvalue weighted by Crippen LogP contribution is 2.37. The maximum absolute atomic E-state index is 5.16. The predicted octanol–water partition coefficient (Wildman–Crippen LogP) is 15.9. The van der Waals surface area contributed by atoms with E-state index in [1.165, 1.54) is 106 Å². The van der Waals surface area contributed by atoms with E-state index < -0.39 is 0 Å². The molecule has 0 aliphatic rings. The van der Waals surface area contributed by atoms with Gasteiger partial charge >= 0.3 is 0 Å². The molecule has 0 aliphatic carbocycles. The molecule has 2 heterocycles. The van der Waals surface area contributed by atoms with Gasteiger partial charge in [-0.3, -0.25) is 4.98 Å². The summed E-state index contributed by atoms with van der Waals surface area (Å²) in [5.74, 6) is 0. The second kappa shape index (κ2) is 17.9. The lowest BCUT2D eigenvalue weighted by Gasteiger charge is -2.20. The van der Waals surface area contributed by atoms with E-state index in [1.54, 1.807) is 0 Å². The standard InChI is InChI=1S/C29H37N.C23H24BrN.CH4/c1-18-12-20(3)27(21(4)13-18)24-16-25(10-11-29(7,8)9)30-26(17-24)28-22(5)14-19(2)15-23(28)6;1-13-7-15(3)22(16(4)8-13)19-11-20(25-21(24)12-19)23-17(5)9-14(2)10-18(23)6;/h12-17H,10-11H2,1-9H3;7-12H,1-6H3;1H4. The summed E-state index contributed by atoms with van der Waals surface area (Å²) in [4.78, 5) is 9.93. The minimum atomic E-state index is 0. The van der Waals surface area contributed by atoms with Crippen molar-refractivity contribution in [1.82, 2.24) is 9.97 Å². The van der Waals surface area contributed by atoms with Crippen LogP contribution >= 0.6 is 15.9 Å². The summed E-state index contributed by atoms with van der Waals surface area (Å²) >= 11 is 3.62. The summed E-state index contributed by atoms with van der Waals surface area (Å²) in [5.41, 5.74) is 26.9. The highest BCUT2D eigenvalue weighted by Gasteiger charge is 2.17. The zero-order valence-electron chi connectivity index (χ0n) is 36.1. The molecule has 0 unspecified atom stereocenters. The molecule has 6 aromatic rings.